The van der Waals surface area contributed by atoms with Crippen molar-refractivity contribution in [3.63, 3.8) is 0 Å². The number of amides is 1. The lowest BCUT2D eigenvalue weighted by atomic mass is 9.85. The van der Waals surface area contributed by atoms with Crippen molar-refractivity contribution in [1.82, 2.24) is 0 Å². The van der Waals surface area contributed by atoms with E-state index >= 15 is 0 Å². The van der Waals surface area contributed by atoms with Crippen LogP contribution in [0.15, 0.2) is 54.6 Å². The number of carbonyl (C=O) groups excluding carboxylic acids is 1. The minimum atomic E-state index is -1.08. The van der Waals surface area contributed by atoms with Crippen LogP contribution in [0, 0.1) is 5.92 Å². The zero-order valence-corrected chi connectivity index (χ0v) is 16.5. The largest absolute Gasteiger partial charge is 0.384 e. The third-order valence-electron chi connectivity index (χ3n) is 5.40. The molecule has 0 aromatic heterocycles. The first-order valence-electron chi connectivity index (χ1n) is 9.88. The van der Waals surface area contributed by atoms with Crippen LogP contribution in [0.25, 0.3) is 0 Å². The average molecular weight is 367 g/mol. The topological polar surface area (TPSA) is 52.6 Å². The van der Waals surface area contributed by atoms with Crippen LogP contribution in [0.4, 0.5) is 11.4 Å². The van der Waals surface area contributed by atoms with E-state index in [1.165, 1.54) is 0 Å². The Morgan fingerprint density at radius 2 is 1.78 bits per heavy atom. The second-order valence-electron chi connectivity index (χ2n) is 7.72. The predicted octanol–water partition coefficient (Wildman–Crippen LogP) is 4.55. The highest BCUT2D eigenvalue weighted by Gasteiger charge is 2.46. The van der Waals surface area contributed by atoms with Gasteiger partial charge in [0.1, 0.15) is 5.60 Å². The number of hydrogen-bond donors (Lipinski definition) is 2. The normalized spacial score (nSPS) is 16.0. The Morgan fingerprint density at radius 3 is 2.30 bits per heavy atom. The minimum Gasteiger partial charge on any atom is -0.384 e. The van der Waals surface area contributed by atoms with Crippen molar-refractivity contribution in [2.75, 3.05) is 16.8 Å². The van der Waals surface area contributed by atoms with Gasteiger partial charge < -0.3 is 15.3 Å². The molecule has 3 rings (SSSR count). The van der Waals surface area contributed by atoms with E-state index in [9.17, 15) is 9.90 Å². The molecule has 0 spiro atoms. The molecule has 1 aliphatic rings. The van der Waals surface area contributed by atoms with Gasteiger partial charge in [-0.1, -0.05) is 30.3 Å². The summed E-state index contributed by atoms with van der Waals surface area (Å²) in [6.45, 7) is 7.41. The van der Waals surface area contributed by atoms with Crippen molar-refractivity contribution in [2.24, 2.45) is 5.92 Å². The standard InChI is InChI=1S/C23H30N2O2/c1-4-25(17(2)3)21-14-12-20(13-15-21)24-22(26)16-23(27,19-10-11-19)18-8-6-5-7-9-18/h5-9,12-15,17,19,27H,4,10-11,16H2,1-3H3,(H,24,26). The van der Waals surface area contributed by atoms with Crippen molar-refractivity contribution in [2.45, 2.75) is 51.7 Å². The monoisotopic (exact) mass is 366 g/mol. The Morgan fingerprint density at radius 1 is 1.15 bits per heavy atom. The maximum absolute atomic E-state index is 12.6. The smallest absolute Gasteiger partial charge is 0.227 e. The van der Waals surface area contributed by atoms with Gasteiger partial charge in [-0.15, -0.1) is 0 Å². The number of nitrogens with one attached hydrogen (secondary N) is 1. The van der Waals surface area contributed by atoms with Gasteiger partial charge in [-0.2, -0.15) is 0 Å². The number of carbonyl (C=O) groups is 1. The summed E-state index contributed by atoms with van der Waals surface area (Å²) in [4.78, 5) is 14.9. The van der Waals surface area contributed by atoms with Crippen LogP contribution in [0.2, 0.25) is 0 Å². The van der Waals surface area contributed by atoms with Gasteiger partial charge in [-0.05, 0) is 69.4 Å². The molecule has 1 unspecified atom stereocenters. The summed E-state index contributed by atoms with van der Waals surface area (Å²) in [5.41, 5.74) is 1.65. The summed E-state index contributed by atoms with van der Waals surface area (Å²) in [6, 6.07) is 17.9. The Bertz CT molecular complexity index is 754. The van der Waals surface area contributed by atoms with Gasteiger partial charge in [0.15, 0.2) is 0 Å². The van der Waals surface area contributed by atoms with Crippen LogP contribution in [0.3, 0.4) is 0 Å². The van der Waals surface area contributed by atoms with Crippen molar-refractivity contribution in [1.29, 1.82) is 0 Å². The third kappa shape index (κ3) is 4.51. The predicted molar refractivity (Wildman–Crippen MR) is 111 cm³/mol. The highest BCUT2D eigenvalue weighted by Crippen LogP contribution is 2.47. The van der Waals surface area contributed by atoms with E-state index < -0.39 is 5.60 Å². The number of aliphatic hydroxyl groups is 1. The van der Waals surface area contributed by atoms with Crippen LogP contribution in [0.1, 0.15) is 45.6 Å². The Kier molecular flexibility index (Phi) is 5.85. The molecule has 4 nitrogen and oxygen atoms in total. The zero-order chi connectivity index (χ0) is 19.4. The molecule has 1 aliphatic carbocycles. The molecule has 144 valence electrons. The summed E-state index contributed by atoms with van der Waals surface area (Å²) in [5, 5.41) is 14.2. The molecular formula is C23H30N2O2. The Hall–Kier alpha value is -2.33. The number of rotatable bonds is 8. The van der Waals surface area contributed by atoms with Crippen LogP contribution < -0.4 is 10.2 Å². The SMILES string of the molecule is CCN(c1ccc(NC(=O)CC(O)(c2ccccc2)C2CC2)cc1)C(C)C. The molecule has 0 aliphatic heterocycles. The van der Waals surface area contributed by atoms with Gasteiger partial charge in [0, 0.05) is 24.0 Å². The van der Waals surface area contributed by atoms with E-state index in [1.807, 2.05) is 54.6 Å². The summed E-state index contributed by atoms with van der Waals surface area (Å²) < 4.78 is 0. The van der Waals surface area contributed by atoms with Crippen LogP contribution in [-0.2, 0) is 10.4 Å². The van der Waals surface area contributed by atoms with Gasteiger partial charge >= 0.3 is 0 Å². The first-order chi connectivity index (χ1) is 12.9. The second kappa shape index (κ2) is 8.13. The van der Waals surface area contributed by atoms with E-state index in [4.69, 9.17) is 0 Å². The molecular weight excluding hydrogens is 336 g/mol. The molecule has 1 amide bonds. The van der Waals surface area contributed by atoms with Gasteiger partial charge in [-0.25, -0.2) is 0 Å². The highest BCUT2D eigenvalue weighted by atomic mass is 16.3. The molecule has 0 bridgehead atoms. The van der Waals surface area contributed by atoms with E-state index in [0.29, 0.717) is 6.04 Å². The first kappa shape index (κ1) is 19.4. The Labute approximate surface area is 162 Å². The van der Waals surface area contributed by atoms with Gasteiger partial charge in [-0.3, -0.25) is 4.79 Å². The maximum atomic E-state index is 12.6. The van der Waals surface area contributed by atoms with Crippen LogP contribution in [0.5, 0.6) is 0 Å². The molecule has 2 aromatic carbocycles. The fraction of sp³-hybridized carbons (Fsp3) is 0.435. The summed E-state index contributed by atoms with van der Waals surface area (Å²) >= 11 is 0. The number of anilines is 2. The van der Waals surface area contributed by atoms with Crippen LogP contribution in [-0.4, -0.2) is 23.6 Å². The van der Waals surface area contributed by atoms with Gasteiger partial charge in [0.2, 0.25) is 5.91 Å². The van der Waals surface area contributed by atoms with E-state index in [2.05, 4.69) is 31.0 Å². The summed E-state index contributed by atoms with van der Waals surface area (Å²) in [7, 11) is 0. The third-order valence-corrected chi connectivity index (χ3v) is 5.40. The van der Waals surface area contributed by atoms with Gasteiger partial charge in [0.25, 0.3) is 0 Å². The fourth-order valence-corrected chi connectivity index (χ4v) is 3.80. The quantitative estimate of drug-likeness (QED) is 0.721. The summed E-state index contributed by atoms with van der Waals surface area (Å²) in [6.07, 6.45) is 2.02. The molecule has 0 saturated heterocycles. The average Bonchev–Trinajstić information content (AvgIpc) is 3.50. The molecule has 4 heteroatoms. The molecule has 1 atom stereocenters. The first-order valence-corrected chi connectivity index (χ1v) is 9.88. The summed E-state index contributed by atoms with van der Waals surface area (Å²) in [5.74, 6) is 0.00869. The number of nitrogens with zero attached hydrogens (tertiary/aromatic N) is 1. The molecule has 0 heterocycles. The van der Waals surface area contributed by atoms with Crippen molar-refractivity contribution >= 4 is 17.3 Å². The van der Waals surface area contributed by atoms with Gasteiger partial charge in [0.05, 0.1) is 6.42 Å². The lowest BCUT2D eigenvalue weighted by Gasteiger charge is -2.29. The molecule has 27 heavy (non-hydrogen) atoms. The van der Waals surface area contributed by atoms with Crippen LogP contribution >= 0.6 is 0 Å². The van der Waals surface area contributed by atoms with E-state index in [1.54, 1.807) is 0 Å². The minimum absolute atomic E-state index is 0.0799. The lowest BCUT2D eigenvalue weighted by molar-refractivity contribution is -0.122. The van der Waals surface area contributed by atoms with Crippen molar-refractivity contribution in [3.05, 3.63) is 60.2 Å². The molecule has 0 radical (unpaired) electrons. The van der Waals surface area contributed by atoms with E-state index in [-0.39, 0.29) is 18.2 Å². The Balaban J connectivity index is 1.68. The fourth-order valence-electron chi connectivity index (χ4n) is 3.80. The maximum Gasteiger partial charge on any atom is 0.227 e. The number of benzene rings is 2. The zero-order valence-electron chi connectivity index (χ0n) is 16.5. The highest BCUT2D eigenvalue weighted by molar-refractivity contribution is 5.91. The molecule has 2 N–H and O–H groups in total. The molecule has 1 fully saturated rings. The van der Waals surface area contributed by atoms with E-state index in [0.717, 1.165) is 36.3 Å². The van der Waals surface area contributed by atoms with Crippen molar-refractivity contribution < 1.29 is 9.90 Å². The molecule has 1 saturated carbocycles. The van der Waals surface area contributed by atoms with Crippen molar-refractivity contribution in [3.8, 4) is 0 Å². The second-order valence-corrected chi connectivity index (χ2v) is 7.72. The number of hydrogen-bond acceptors (Lipinski definition) is 3. The lowest BCUT2D eigenvalue weighted by Crippen LogP contribution is -2.33. The molecule has 2 aromatic rings.